The molecule has 2 fully saturated rings. The molecular formula is C31H38FN7O2. The third-order valence-corrected chi connectivity index (χ3v) is 8.83. The number of rotatable bonds is 6. The van der Waals surface area contributed by atoms with Crippen molar-refractivity contribution in [1.29, 1.82) is 0 Å². The molecule has 216 valence electrons. The maximum Gasteiger partial charge on any atom is 0.318 e. The predicted octanol–water partition coefficient (Wildman–Crippen LogP) is 3.89. The van der Waals surface area contributed by atoms with Crippen molar-refractivity contribution in [3.05, 3.63) is 59.8 Å². The van der Waals surface area contributed by atoms with Gasteiger partial charge in [0, 0.05) is 60.8 Å². The number of benzene rings is 1. The monoisotopic (exact) mass is 559 g/mol. The van der Waals surface area contributed by atoms with Crippen molar-refractivity contribution >= 4 is 28.2 Å². The number of piperazine rings is 1. The average molecular weight is 560 g/mol. The Labute approximate surface area is 240 Å². The van der Waals surface area contributed by atoms with Crippen LogP contribution >= 0.6 is 0 Å². The molecule has 41 heavy (non-hydrogen) atoms. The minimum atomic E-state index is -0.920. The number of carbonyl (C=O) groups is 1. The molecule has 1 amide bonds. The van der Waals surface area contributed by atoms with Gasteiger partial charge >= 0.3 is 6.01 Å². The van der Waals surface area contributed by atoms with Gasteiger partial charge in [-0.25, -0.2) is 4.39 Å². The lowest BCUT2D eigenvalue weighted by molar-refractivity contribution is -0.129. The second-order valence-corrected chi connectivity index (χ2v) is 11.5. The van der Waals surface area contributed by atoms with Crippen LogP contribution in [0.1, 0.15) is 36.6 Å². The van der Waals surface area contributed by atoms with Crippen molar-refractivity contribution in [3.63, 3.8) is 0 Å². The lowest BCUT2D eigenvalue weighted by Crippen LogP contribution is -2.54. The summed E-state index contributed by atoms with van der Waals surface area (Å²) in [6, 6.07) is 6.99. The molecule has 0 aliphatic carbocycles. The van der Waals surface area contributed by atoms with Crippen LogP contribution in [0.4, 0.5) is 15.9 Å². The van der Waals surface area contributed by atoms with Gasteiger partial charge in [0.05, 0.1) is 24.1 Å². The summed E-state index contributed by atoms with van der Waals surface area (Å²) in [5.74, 6) is -0.702. The highest BCUT2D eigenvalue weighted by Gasteiger charge is 2.33. The Balaban J connectivity index is 1.33. The van der Waals surface area contributed by atoms with E-state index in [9.17, 15) is 9.18 Å². The zero-order chi connectivity index (χ0) is 28.7. The minimum absolute atomic E-state index is 0.0530. The van der Waals surface area contributed by atoms with Crippen molar-refractivity contribution in [2.45, 2.75) is 51.7 Å². The van der Waals surface area contributed by atoms with Crippen LogP contribution in [0.25, 0.3) is 10.8 Å². The Morgan fingerprint density at radius 1 is 1.17 bits per heavy atom. The van der Waals surface area contributed by atoms with Crippen molar-refractivity contribution < 1.29 is 13.9 Å². The predicted molar refractivity (Wildman–Crippen MR) is 158 cm³/mol. The van der Waals surface area contributed by atoms with E-state index in [1.807, 2.05) is 19.3 Å². The normalized spacial score (nSPS) is 21.3. The second kappa shape index (κ2) is 11.2. The molecule has 3 aromatic rings. The number of amides is 1. The average Bonchev–Trinajstić information content (AvgIpc) is 3.39. The minimum Gasteiger partial charge on any atom is -0.462 e. The molecule has 9 nitrogen and oxygen atoms in total. The number of halogens is 1. The molecule has 0 N–H and O–H groups in total. The largest absolute Gasteiger partial charge is 0.462 e. The second-order valence-electron chi connectivity index (χ2n) is 11.5. The van der Waals surface area contributed by atoms with Crippen molar-refractivity contribution in [3.8, 4) is 6.01 Å². The molecule has 0 saturated carbocycles. The first-order valence-corrected chi connectivity index (χ1v) is 14.5. The van der Waals surface area contributed by atoms with Crippen LogP contribution in [0.3, 0.4) is 0 Å². The van der Waals surface area contributed by atoms with Gasteiger partial charge in [0.15, 0.2) is 5.83 Å². The third-order valence-electron chi connectivity index (χ3n) is 8.83. The lowest BCUT2D eigenvalue weighted by atomic mass is 10.0. The van der Waals surface area contributed by atoms with E-state index in [-0.39, 0.29) is 6.04 Å². The first-order chi connectivity index (χ1) is 19.8. The Hall–Kier alpha value is -3.79. The van der Waals surface area contributed by atoms with Crippen LogP contribution in [-0.2, 0) is 17.8 Å². The smallest absolute Gasteiger partial charge is 0.318 e. The van der Waals surface area contributed by atoms with E-state index in [2.05, 4.69) is 58.4 Å². The Morgan fingerprint density at radius 3 is 2.78 bits per heavy atom. The van der Waals surface area contributed by atoms with Crippen LogP contribution in [0, 0.1) is 6.92 Å². The van der Waals surface area contributed by atoms with Gasteiger partial charge in [0.25, 0.3) is 5.91 Å². The van der Waals surface area contributed by atoms with Crippen LogP contribution in [0.15, 0.2) is 43.0 Å². The van der Waals surface area contributed by atoms with Crippen molar-refractivity contribution in [2.24, 2.45) is 0 Å². The summed E-state index contributed by atoms with van der Waals surface area (Å²) in [5, 5.41) is 2.34. The highest BCUT2D eigenvalue weighted by molar-refractivity contribution is 5.96. The molecule has 3 aliphatic rings. The molecule has 3 aliphatic heterocycles. The van der Waals surface area contributed by atoms with E-state index in [0.717, 1.165) is 54.1 Å². The Kier molecular flexibility index (Phi) is 7.50. The summed E-state index contributed by atoms with van der Waals surface area (Å²) in [4.78, 5) is 35.2. The number of anilines is 2. The molecule has 2 saturated heterocycles. The van der Waals surface area contributed by atoms with Crippen LogP contribution < -0.4 is 14.5 Å². The highest BCUT2D eigenvalue weighted by atomic mass is 19.1. The number of ether oxygens (including phenoxy) is 1. The van der Waals surface area contributed by atoms with Crippen LogP contribution in [0.5, 0.6) is 6.01 Å². The first-order valence-electron chi connectivity index (χ1n) is 14.5. The van der Waals surface area contributed by atoms with E-state index < -0.39 is 11.7 Å². The number of aromatic nitrogens is 3. The van der Waals surface area contributed by atoms with Gasteiger partial charge in [-0.15, -0.1) is 0 Å². The number of fused-ring (bicyclic) bond motifs is 2. The molecule has 10 heteroatoms. The van der Waals surface area contributed by atoms with Gasteiger partial charge in [-0.1, -0.05) is 24.8 Å². The number of likely N-dealkylation sites (tertiary alicyclic amines) is 1. The number of hydrogen-bond acceptors (Lipinski definition) is 8. The highest BCUT2D eigenvalue weighted by Crippen LogP contribution is 2.35. The Morgan fingerprint density at radius 2 is 2.02 bits per heavy atom. The molecule has 0 radical (unpaired) electrons. The molecule has 1 aromatic carbocycles. The topological polar surface area (TPSA) is 77.9 Å². The van der Waals surface area contributed by atoms with Gasteiger partial charge in [-0.05, 0) is 52.3 Å². The number of nitrogens with zero attached hydrogens (tertiary/aromatic N) is 7. The van der Waals surface area contributed by atoms with E-state index in [0.29, 0.717) is 44.8 Å². The molecule has 0 bridgehead atoms. The van der Waals surface area contributed by atoms with Gasteiger partial charge in [0.2, 0.25) is 0 Å². The van der Waals surface area contributed by atoms with Gasteiger partial charge < -0.3 is 24.3 Å². The summed E-state index contributed by atoms with van der Waals surface area (Å²) in [5.41, 5.74) is 4.38. The third kappa shape index (κ3) is 5.32. The zero-order valence-corrected chi connectivity index (χ0v) is 24.1. The van der Waals surface area contributed by atoms with Crippen LogP contribution in [0.2, 0.25) is 0 Å². The molecule has 6 rings (SSSR count). The van der Waals surface area contributed by atoms with Crippen molar-refractivity contribution in [2.75, 3.05) is 56.2 Å². The number of pyridine rings is 1. The van der Waals surface area contributed by atoms with Crippen LogP contribution in [-0.4, -0.2) is 89.1 Å². The summed E-state index contributed by atoms with van der Waals surface area (Å²) in [6.07, 6.45) is 6.90. The summed E-state index contributed by atoms with van der Waals surface area (Å²) in [7, 11) is 2.13. The number of likely N-dealkylation sites (N-methyl/N-ethyl adjacent to an activating group) is 1. The molecule has 0 spiro atoms. The van der Waals surface area contributed by atoms with E-state index in [4.69, 9.17) is 14.7 Å². The first kappa shape index (κ1) is 27.4. The van der Waals surface area contributed by atoms with E-state index >= 15 is 0 Å². The molecule has 2 atom stereocenters. The number of carbonyl (C=O) groups excluding carboxylic acids is 1. The fraction of sp³-hybridized carbons (Fsp3) is 0.484. The van der Waals surface area contributed by atoms with E-state index in [1.54, 1.807) is 0 Å². The van der Waals surface area contributed by atoms with Gasteiger partial charge in [-0.2, -0.15) is 9.97 Å². The lowest BCUT2D eigenvalue weighted by Gasteiger charge is -2.42. The molecule has 0 unspecified atom stereocenters. The standard InChI is InChI=1S/C31H38FN7O2/c1-20-7-5-8-23-15-33-16-27(28(20)23)37-12-10-25-26(18-37)34-31(41-19-24-9-6-11-36(24)4)35-29(25)39-14-13-38(17-21(39)2)30(40)22(3)32/h5,7-8,15-16,21,24H,3,6,9-14,17-19H2,1-2,4H3/t21-,24-/m0/s1. The fourth-order valence-corrected chi connectivity index (χ4v) is 6.53. The SMILES string of the molecule is C=C(F)C(=O)N1CCN(c2nc(OC[C@@H]3CCCN3C)nc3c2CCN(c2cncc4cccc(C)c24)C3)[C@@H](C)C1. The quantitative estimate of drug-likeness (QED) is 0.421. The fourth-order valence-electron chi connectivity index (χ4n) is 6.53. The maximum absolute atomic E-state index is 13.6. The van der Waals surface area contributed by atoms with Crippen molar-refractivity contribution in [1.82, 2.24) is 24.8 Å². The summed E-state index contributed by atoms with van der Waals surface area (Å²) >= 11 is 0. The molecule has 5 heterocycles. The van der Waals surface area contributed by atoms with Gasteiger partial charge in [-0.3, -0.25) is 9.78 Å². The Bertz CT molecular complexity index is 1480. The molecule has 2 aromatic heterocycles. The number of hydrogen-bond donors (Lipinski definition) is 0. The summed E-state index contributed by atoms with van der Waals surface area (Å²) in [6.45, 7) is 11.8. The number of aryl methyl sites for hydroxylation is 1. The maximum atomic E-state index is 13.6. The van der Waals surface area contributed by atoms with Gasteiger partial charge in [0.1, 0.15) is 12.4 Å². The summed E-state index contributed by atoms with van der Waals surface area (Å²) < 4.78 is 19.9. The zero-order valence-electron chi connectivity index (χ0n) is 24.1. The van der Waals surface area contributed by atoms with E-state index in [1.165, 1.54) is 22.3 Å². The molecular weight excluding hydrogens is 521 g/mol.